The maximum atomic E-state index is 13.7. The average molecular weight is 493 g/mol. The zero-order valence-corrected chi connectivity index (χ0v) is 17.4. The van der Waals surface area contributed by atoms with E-state index in [2.05, 4.69) is 10.4 Å². The number of nitrogens with two attached hydrogens (primary N) is 1. The van der Waals surface area contributed by atoms with Gasteiger partial charge in [0.25, 0.3) is 0 Å². The summed E-state index contributed by atoms with van der Waals surface area (Å²) in [7, 11) is 0. The maximum Gasteiger partial charge on any atom is 0.418 e. The molecule has 2 aromatic carbocycles. The Hall–Kier alpha value is -2.67. The van der Waals surface area contributed by atoms with Crippen LogP contribution in [0.4, 0.5) is 27.6 Å². The molecule has 170 valence electrons. The van der Waals surface area contributed by atoms with Crippen LogP contribution in [0, 0.1) is 0 Å². The predicted octanol–water partition coefficient (Wildman–Crippen LogP) is 4.78. The number of hydrogen-bond acceptors (Lipinski definition) is 4. The molecular weight excluding hydrogens is 479 g/mol. The molecule has 3 N–H and O–H groups in total. The summed E-state index contributed by atoms with van der Waals surface area (Å²) < 4.78 is 79.1. The summed E-state index contributed by atoms with van der Waals surface area (Å²) >= 11 is 3.67. The van der Waals surface area contributed by atoms with Crippen molar-refractivity contribution in [2.24, 2.45) is 5.14 Å². The van der Waals surface area contributed by atoms with Crippen LogP contribution in [0.2, 0.25) is 5.02 Å². The van der Waals surface area contributed by atoms with E-state index in [0.29, 0.717) is 11.6 Å². The molecular formula is C19H14ClF5N4O2S. The Morgan fingerprint density at radius 2 is 1.97 bits per heavy atom. The van der Waals surface area contributed by atoms with Crippen LogP contribution < -0.4 is 10.5 Å². The minimum absolute atomic E-state index is 0.154. The van der Waals surface area contributed by atoms with Crippen molar-refractivity contribution >= 4 is 34.6 Å². The molecule has 6 nitrogen and oxygen atoms in total. The second kappa shape index (κ2) is 9.45. The summed E-state index contributed by atoms with van der Waals surface area (Å²) in [5.41, 5.74) is -2.04. The lowest BCUT2D eigenvalue weighted by Crippen LogP contribution is -2.21. The molecule has 0 spiro atoms. The molecule has 0 aliphatic heterocycles. The lowest BCUT2D eigenvalue weighted by atomic mass is 10.0. The van der Waals surface area contributed by atoms with Gasteiger partial charge in [-0.3, -0.25) is 4.79 Å². The molecule has 3 rings (SSSR count). The van der Waals surface area contributed by atoms with Gasteiger partial charge in [0.05, 0.1) is 35.2 Å². The van der Waals surface area contributed by atoms with Crippen LogP contribution in [0.15, 0.2) is 53.7 Å². The first-order chi connectivity index (χ1) is 15.0. The number of aromatic nitrogens is 2. The van der Waals surface area contributed by atoms with Gasteiger partial charge in [-0.25, -0.2) is 4.68 Å². The van der Waals surface area contributed by atoms with Crippen molar-refractivity contribution in [2.45, 2.75) is 24.0 Å². The average Bonchev–Trinajstić information content (AvgIpc) is 3.19. The molecule has 3 aromatic rings. The van der Waals surface area contributed by atoms with Gasteiger partial charge >= 0.3 is 12.7 Å². The van der Waals surface area contributed by atoms with E-state index in [1.807, 2.05) is 0 Å². The molecule has 0 aliphatic rings. The Morgan fingerprint density at radius 1 is 1.28 bits per heavy atom. The number of amides is 1. The third-order valence-corrected chi connectivity index (χ3v) is 5.48. The number of nitrogens with zero attached hydrogens (tertiary/aromatic N) is 2. The second-order valence-electron chi connectivity index (χ2n) is 6.49. The predicted molar refractivity (Wildman–Crippen MR) is 108 cm³/mol. The van der Waals surface area contributed by atoms with Gasteiger partial charge in [0.1, 0.15) is 0 Å². The fourth-order valence-electron chi connectivity index (χ4n) is 2.90. The van der Waals surface area contributed by atoms with Crippen molar-refractivity contribution in [2.75, 3.05) is 5.32 Å². The first-order valence-corrected chi connectivity index (χ1v) is 10.3. The van der Waals surface area contributed by atoms with Crippen molar-refractivity contribution in [3.63, 3.8) is 0 Å². The van der Waals surface area contributed by atoms with Gasteiger partial charge < -0.3 is 9.87 Å². The fraction of sp³-hybridized carbons (Fsp3) is 0.158. The number of carbonyl (C=O) groups is 1. The summed E-state index contributed by atoms with van der Waals surface area (Å²) in [4.78, 5) is 12.1. The number of carbonyl (C=O) groups excluding carboxylic acids is 1. The van der Waals surface area contributed by atoms with Gasteiger partial charge in [0.2, 0.25) is 5.91 Å². The third-order valence-electron chi connectivity index (χ3n) is 4.34. The molecule has 0 aliphatic carbocycles. The van der Waals surface area contributed by atoms with Crippen LogP contribution in [0.1, 0.15) is 17.7 Å². The topological polar surface area (TPSA) is 96.0 Å². The number of anilines is 1. The smallest absolute Gasteiger partial charge is 0.418 e. The van der Waals surface area contributed by atoms with E-state index in [0.717, 1.165) is 18.5 Å². The summed E-state index contributed by atoms with van der Waals surface area (Å²) in [5.74, 6) is -0.810. The van der Waals surface area contributed by atoms with Gasteiger partial charge in [-0.05, 0) is 17.7 Å². The number of rotatable bonds is 6. The number of alkyl halides is 5. The molecule has 0 saturated carbocycles. The normalized spacial score (nSPS) is 12.8. The molecule has 0 fully saturated rings. The number of benzene rings is 2. The zero-order valence-electron chi connectivity index (χ0n) is 15.9. The highest BCUT2D eigenvalue weighted by atomic mass is 35.5. The molecule has 13 heteroatoms. The highest BCUT2D eigenvalue weighted by Crippen LogP contribution is 2.40. The van der Waals surface area contributed by atoms with Gasteiger partial charge in [0.15, 0.2) is 4.90 Å². The Balaban J connectivity index is 2.04. The third kappa shape index (κ3) is 5.38. The van der Waals surface area contributed by atoms with E-state index in [1.54, 1.807) is 12.1 Å². The molecule has 1 amide bonds. The summed E-state index contributed by atoms with van der Waals surface area (Å²) in [5, 5.41) is 11.2. The first kappa shape index (κ1) is 24.0. The van der Waals surface area contributed by atoms with Crippen molar-refractivity contribution in [1.29, 1.82) is 0 Å². The number of nitrogens with one attached hydrogen (secondary N) is 1. The largest absolute Gasteiger partial charge is 0.593 e. The van der Waals surface area contributed by atoms with Gasteiger partial charge in [-0.2, -0.15) is 27.1 Å². The van der Waals surface area contributed by atoms with Gasteiger partial charge in [-0.1, -0.05) is 29.8 Å². The molecule has 1 aromatic heterocycles. The SMILES string of the molecule is N[S+]([O-])c1cc(NC(=O)Cc2ccccc2Cl)c(C(F)(F)F)cc1-c1cnn(C(F)F)c1. The monoisotopic (exact) mass is 492 g/mol. The highest BCUT2D eigenvalue weighted by Gasteiger charge is 2.36. The van der Waals surface area contributed by atoms with Crippen LogP contribution in [0.3, 0.4) is 0 Å². The zero-order chi connectivity index (χ0) is 23.6. The summed E-state index contributed by atoms with van der Waals surface area (Å²) in [6.07, 6.45) is -3.56. The van der Waals surface area contributed by atoms with E-state index in [-0.39, 0.29) is 32.1 Å². The first-order valence-electron chi connectivity index (χ1n) is 8.74. The van der Waals surface area contributed by atoms with Gasteiger partial charge in [0, 0.05) is 28.4 Å². The van der Waals surface area contributed by atoms with Gasteiger partial charge in [-0.15, -0.1) is 5.14 Å². The minimum Gasteiger partial charge on any atom is -0.593 e. The Kier molecular flexibility index (Phi) is 7.08. The number of halogens is 6. The van der Waals surface area contributed by atoms with E-state index >= 15 is 0 Å². The van der Waals surface area contributed by atoms with E-state index in [1.165, 1.54) is 12.1 Å². The van der Waals surface area contributed by atoms with Crippen LogP contribution in [0.25, 0.3) is 11.1 Å². The highest BCUT2D eigenvalue weighted by molar-refractivity contribution is 7.89. The molecule has 0 bridgehead atoms. The van der Waals surface area contributed by atoms with Crippen molar-refractivity contribution in [1.82, 2.24) is 9.78 Å². The quantitative estimate of drug-likeness (QED) is 0.382. The Morgan fingerprint density at radius 3 is 2.53 bits per heavy atom. The van der Waals surface area contributed by atoms with Crippen molar-refractivity contribution in [3.8, 4) is 11.1 Å². The minimum atomic E-state index is -4.94. The molecule has 32 heavy (non-hydrogen) atoms. The molecule has 0 radical (unpaired) electrons. The van der Waals surface area contributed by atoms with Crippen LogP contribution >= 0.6 is 11.6 Å². The lowest BCUT2D eigenvalue weighted by molar-refractivity contribution is -0.137. The number of hydrogen-bond donors (Lipinski definition) is 2. The van der Waals surface area contributed by atoms with E-state index in [9.17, 15) is 31.3 Å². The van der Waals surface area contributed by atoms with Crippen LogP contribution in [0.5, 0.6) is 0 Å². The molecule has 0 saturated heterocycles. The molecule has 1 atom stereocenters. The van der Waals surface area contributed by atoms with Crippen molar-refractivity contribution < 1.29 is 31.3 Å². The molecule has 1 heterocycles. The van der Waals surface area contributed by atoms with E-state index in [4.69, 9.17) is 16.7 Å². The Bertz CT molecular complexity index is 1140. The van der Waals surface area contributed by atoms with Crippen LogP contribution in [-0.2, 0) is 28.8 Å². The second-order valence-corrected chi connectivity index (χ2v) is 7.93. The fourth-order valence-corrected chi connectivity index (χ4v) is 3.73. The molecule has 1 unspecified atom stereocenters. The standard InChI is InChI=1S/C19H14ClF5N4O2S/c20-14-4-2-1-3-10(14)5-17(30)28-15-7-16(32(26)31)12(6-13(15)19(23,24)25)11-8-27-29(9-11)18(21)22/h1-4,6-9,18H,5,26H2,(H,28,30). The summed E-state index contributed by atoms with van der Waals surface area (Å²) in [6, 6.07) is 7.69. The Labute approximate surface area is 186 Å². The lowest BCUT2D eigenvalue weighted by Gasteiger charge is -2.18. The van der Waals surface area contributed by atoms with Crippen LogP contribution in [-0.4, -0.2) is 20.2 Å². The summed E-state index contributed by atoms with van der Waals surface area (Å²) in [6.45, 7) is -3.03. The van der Waals surface area contributed by atoms with Crippen molar-refractivity contribution in [3.05, 3.63) is 64.9 Å². The maximum absolute atomic E-state index is 13.7. The van der Waals surface area contributed by atoms with E-state index < -0.39 is 41.2 Å².